The molecule has 1 aromatic rings. The van der Waals surface area contributed by atoms with E-state index in [9.17, 15) is 0 Å². The van der Waals surface area contributed by atoms with Crippen LogP contribution in [0.3, 0.4) is 0 Å². The van der Waals surface area contributed by atoms with E-state index in [1.807, 2.05) is 19.2 Å². The number of nitrogens with zero attached hydrogens (tertiary/aromatic N) is 1. The molecule has 2 rings (SSSR count). The highest BCUT2D eigenvalue weighted by molar-refractivity contribution is 5.30. The maximum atomic E-state index is 5.94. The van der Waals surface area contributed by atoms with Crippen LogP contribution in [0.4, 0.5) is 0 Å². The van der Waals surface area contributed by atoms with Gasteiger partial charge in [-0.3, -0.25) is 4.90 Å². The summed E-state index contributed by atoms with van der Waals surface area (Å²) in [5.41, 5.74) is 1.29. The fourth-order valence-corrected chi connectivity index (χ4v) is 2.74. The van der Waals surface area contributed by atoms with Gasteiger partial charge >= 0.3 is 0 Å². The number of hydrogen-bond donors (Lipinski definition) is 1. The summed E-state index contributed by atoms with van der Waals surface area (Å²) in [6, 6.07) is 8.65. The molecule has 0 aliphatic carbocycles. The molecule has 2 unspecified atom stereocenters. The van der Waals surface area contributed by atoms with Crippen molar-refractivity contribution in [1.82, 2.24) is 10.2 Å². The summed E-state index contributed by atoms with van der Waals surface area (Å²) in [4.78, 5) is 2.48. The van der Waals surface area contributed by atoms with Gasteiger partial charge in [-0.25, -0.2) is 0 Å². The van der Waals surface area contributed by atoms with Crippen LogP contribution in [0.25, 0.3) is 0 Å². The van der Waals surface area contributed by atoms with Gasteiger partial charge < -0.3 is 14.8 Å². The average molecular weight is 264 g/mol. The van der Waals surface area contributed by atoms with Crippen molar-refractivity contribution in [2.45, 2.75) is 19.1 Å². The Morgan fingerprint density at radius 1 is 1.37 bits per heavy atom. The molecule has 1 saturated heterocycles. The first-order valence-corrected chi connectivity index (χ1v) is 6.94. The fraction of sp³-hybridized carbons (Fsp3) is 0.600. The molecule has 4 nitrogen and oxygen atoms in total. The number of hydrogen-bond acceptors (Lipinski definition) is 4. The quantitative estimate of drug-likeness (QED) is 0.877. The normalized spacial score (nSPS) is 24.4. The Balaban J connectivity index is 2.22. The lowest BCUT2D eigenvalue weighted by Gasteiger charge is -2.41. The Hall–Kier alpha value is -1.10. The molecule has 0 bridgehead atoms. The van der Waals surface area contributed by atoms with Crippen LogP contribution in [0.5, 0.6) is 5.75 Å². The predicted molar refractivity (Wildman–Crippen MR) is 76.6 cm³/mol. The predicted octanol–water partition coefficient (Wildman–Crippen LogP) is 1.68. The molecule has 4 heteroatoms. The number of likely N-dealkylation sites (N-methyl/N-ethyl adjacent to an activating group) is 2. The maximum Gasteiger partial charge on any atom is 0.118 e. The van der Waals surface area contributed by atoms with Crippen LogP contribution < -0.4 is 10.1 Å². The standard InChI is InChI=1S/C15H24N2O2/c1-4-17-9-10-19-14(11-16-2)15(17)12-5-7-13(18-3)8-6-12/h5-8,14-16H,4,9-11H2,1-3H3. The zero-order valence-electron chi connectivity index (χ0n) is 12.1. The first kappa shape index (κ1) is 14.3. The van der Waals surface area contributed by atoms with Crippen molar-refractivity contribution < 1.29 is 9.47 Å². The summed E-state index contributed by atoms with van der Waals surface area (Å²) in [5.74, 6) is 0.897. The highest BCUT2D eigenvalue weighted by Crippen LogP contribution is 2.30. The molecule has 0 saturated carbocycles. The van der Waals surface area contributed by atoms with E-state index >= 15 is 0 Å². The lowest BCUT2D eigenvalue weighted by atomic mass is 9.97. The summed E-state index contributed by atoms with van der Waals surface area (Å²) in [7, 11) is 3.67. The minimum atomic E-state index is 0.201. The second-order valence-electron chi connectivity index (χ2n) is 4.81. The molecule has 19 heavy (non-hydrogen) atoms. The second kappa shape index (κ2) is 6.89. The van der Waals surface area contributed by atoms with Gasteiger partial charge in [0.1, 0.15) is 5.75 Å². The molecule has 0 spiro atoms. The van der Waals surface area contributed by atoms with Crippen LogP contribution >= 0.6 is 0 Å². The van der Waals surface area contributed by atoms with Crippen LogP contribution in [0.1, 0.15) is 18.5 Å². The van der Waals surface area contributed by atoms with Crippen LogP contribution in [-0.2, 0) is 4.74 Å². The van der Waals surface area contributed by atoms with E-state index in [1.54, 1.807) is 7.11 Å². The lowest BCUT2D eigenvalue weighted by Crippen LogP contribution is -2.48. The van der Waals surface area contributed by atoms with E-state index in [0.29, 0.717) is 6.04 Å². The second-order valence-corrected chi connectivity index (χ2v) is 4.81. The number of ether oxygens (including phenoxy) is 2. The topological polar surface area (TPSA) is 33.7 Å². The summed E-state index contributed by atoms with van der Waals surface area (Å²) in [6.45, 7) is 5.92. The monoisotopic (exact) mass is 264 g/mol. The molecule has 0 aromatic heterocycles. The Morgan fingerprint density at radius 3 is 2.68 bits per heavy atom. The van der Waals surface area contributed by atoms with E-state index in [-0.39, 0.29) is 6.10 Å². The van der Waals surface area contributed by atoms with Crippen LogP contribution in [0, 0.1) is 0 Å². The number of rotatable bonds is 5. The van der Waals surface area contributed by atoms with Crippen molar-refractivity contribution >= 4 is 0 Å². The summed E-state index contributed by atoms with van der Waals surface area (Å²) in [6.07, 6.45) is 0.201. The van der Waals surface area contributed by atoms with Crippen molar-refractivity contribution in [1.29, 1.82) is 0 Å². The van der Waals surface area contributed by atoms with Crippen molar-refractivity contribution in [3.63, 3.8) is 0 Å². The molecule has 106 valence electrons. The molecule has 0 radical (unpaired) electrons. The van der Waals surface area contributed by atoms with Crippen molar-refractivity contribution in [2.75, 3.05) is 40.4 Å². The molecular weight excluding hydrogens is 240 g/mol. The molecule has 1 fully saturated rings. The SMILES string of the molecule is CCN1CCOC(CNC)C1c1ccc(OC)cc1. The van der Waals surface area contributed by atoms with Gasteiger partial charge in [0.05, 0.1) is 25.9 Å². The van der Waals surface area contributed by atoms with Crippen LogP contribution in [-0.4, -0.2) is 51.4 Å². The molecular formula is C15H24N2O2. The van der Waals surface area contributed by atoms with E-state index in [0.717, 1.165) is 32.0 Å². The summed E-state index contributed by atoms with van der Waals surface area (Å²) < 4.78 is 11.2. The highest BCUT2D eigenvalue weighted by atomic mass is 16.5. The molecule has 1 aliphatic heterocycles. The van der Waals surface area contributed by atoms with Gasteiger partial charge in [0, 0.05) is 13.1 Å². The molecule has 1 heterocycles. The smallest absolute Gasteiger partial charge is 0.118 e. The zero-order chi connectivity index (χ0) is 13.7. The third-order valence-corrected chi connectivity index (χ3v) is 3.72. The van der Waals surface area contributed by atoms with Crippen LogP contribution in [0.15, 0.2) is 24.3 Å². The van der Waals surface area contributed by atoms with Gasteiger partial charge in [0.15, 0.2) is 0 Å². The maximum absolute atomic E-state index is 5.94. The largest absolute Gasteiger partial charge is 0.497 e. The van der Waals surface area contributed by atoms with Crippen LogP contribution in [0.2, 0.25) is 0 Å². The average Bonchev–Trinajstić information content (AvgIpc) is 2.47. The first-order chi connectivity index (χ1) is 9.30. The van der Waals surface area contributed by atoms with Crippen molar-refractivity contribution in [2.24, 2.45) is 0 Å². The zero-order valence-corrected chi connectivity index (χ0v) is 12.1. The Labute approximate surface area is 115 Å². The Morgan fingerprint density at radius 2 is 2.11 bits per heavy atom. The molecule has 1 aliphatic rings. The molecule has 1 N–H and O–H groups in total. The fourth-order valence-electron chi connectivity index (χ4n) is 2.74. The van der Waals surface area contributed by atoms with E-state index in [1.165, 1.54) is 5.56 Å². The number of benzene rings is 1. The highest BCUT2D eigenvalue weighted by Gasteiger charge is 2.32. The van der Waals surface area contributed by atoms with Gasteiger partial charge in [-0.2, -0.15) is 0 Å². The first-order valence-electron chi connectivity index (χ1n) is 6.94. The van der Waals surface area contributed by atoms with Gasteiger partial charge in [-0.15, -0.1) is 0 Å². The number of methoxy groups -OCH3 is 1. The third-order valence-electron chi connectivity index (χ3n) is 3.72. The summed E-state index contributed by atoms with van der Waals surface area (Å²) in [5, 5.41) is 3.23. The van der Waals surface area contributed by atoms with Gasteiger partial charge in [-0.05, 0) is 31.3 Å². The van der Waals surface area contributed by atoms with Crippen molar-refractivity contribution in [3.05, 3.63) is 29.8 Å². The van der Waals surface area contributed by atoms with Crippen molar-refractivity contribution in [3.8, 4) is 5.75 Å². The number of nitrogens with one attached hydrogen (secondary N) is 1. The third kappa shape index (κ3) is 3.26. The molecule has 1 aromatic carbocycles. The lowest BCUT2D eigenvalue weighted by molar-refractivity contribution is -0.0686. The van der Waals surface area contributed by atoms with Gasteiger partial charge in [0.25, 0.3) is 0 Å². The summed E-state index contributed by atoms with van der Waals surface area (Å²) >= 11 is 0. The number of morpholine rings is 1. The molecule has 0 amide bonds. The van der Waals surface area contributed by atoms with Gasteiger partial charge in [0.2, 0.25) is 0 Å². The van der Waals surface area contributed by atoms with E-state index < -0.39 is 0 Å². The van der Waals surface area contributed by atoms with E-state index in [2.05, 4.69) is 29.3 Å². The Bertz CT molecular complexity index is 378. The van der Waals surface area contributed by atoms with E-state index in [4.69, 9.17) is 9.47 Å². The molecule has 2 atom stereocenters. The van der Waals surface area contributed by atoms with Gasteiger partial charge in [-0.1, -0.05) is 19.1 Å². The Kier molecular flexibility index (Phi) is 5.19. The minimum absolute atomic E-state index is 0.201. The minimum Gasteiger partial charge on any atom is -0.497 e.